The van der Waals surface area contributed by atoms with Crippen molar-refractivity contribution in [3.63, 3.8) is 0 Å². The van der Waals surface area contributed by atoms with Gasteiger partial charge in [-0.05, 0) is 55.2 Å². The second-order valence-electron chi connectivity index (χ2n) is 8.18. The van der Waals surface area contributed by atoms with Crippen molar-refractivity contribution in [2.45, 2.75) is 25.6 Å². The van der Waals surface area contributed by atoms with E-state index in [1.165, 1.54) is 25.4 Å². The average Bonchev–Trinajstić information content (AvgIpc) is 3.34. The molecular weight excluding hydrogens is 497 g/mol. The summed E-state index contributed by atoms with van der Waals surface area (Å²) in [5.41, 5.74) is 0.765. The Morgan fingerprint density at radius 1 is 1.08 bits per heavy atom. The Kier molecular flexibility index (Phi) is 7.74. The molecule has 1 fully saturated rings. The fourth-order valence-corrected chi connectivity index (χ4v) is 3.75. The van der Waals surface area contributed by atoms with Crippen molar-refractivity contribution in [1.29, 1.82) is 0 Å². The number of amides is 1. The monoisotopic (exact) mass is 520 g/mol. The molecule has 2 N–H and O–H groups in total. The number of methoxy groups -OCH3 is 1. The summed E-state index contributed by atoms with van der Waals surface area (Å²) in [6, 6.07) is 8.21. The molecule has 3 heterocycles. The quantitative estimate of drug-likeness (QED) is 0.418. The SMILES string of the molecule is COC(=O)CC1CCN(c2ccc(NC(=O)c3nnc(Nc4ccc(OC(F)(F)F)cc4)o3)cn2)CC1. The molecule has 4 rings (SSSR count). The first-order chi connectivity index (χ1) is 17.7. The number of hydrogen-bond acceptors (Lipinski definition) is 10. The predicted molar refractivity (Wildman–Crippen MR) is 124 cm³/mol. The van der Waals surface area contributed by atoms with Gasteiger partial charge in [0.15, 0.2) is 0 Å². The number of carbonyl (C=O) groups excluding carboxylic acids is 2. The minimum atomic E-state index is -4.79. The molecule has 0 bridgehead atoms. The maximum Gasteiger partial charge on any atom is 0.573 e. The average molecular weight is 520 g/mol. The summed E-state index contributed by atoms with van der Waals surface area (Å²) in [4.78, 5) is 30.4. The molecule has 0 atom stereocenters. The number of carbonyl (C=O) groups is 2. The smallest absolute Gasteiger partial charge is 0.469 e. The molecule has 1 aliphatic heterocycles. The van der Waals surface area contributed by atoms with Crippen LogP contribution in [0.4, 0.5) is 36.4 Å². The summed E-state index contributed by atoms with van der Waals surface area (Å²) in [6.45, 7) is 1.52. The summed E-state index contributed by atoms with van der Waals surface area (Å²) < 4.78 is 50.6. The highest BCUT2D eigenvalue weighted by Crippen LogP contribution is 2.26. The lowest BCUT2D eigenvalue weighted by atomic mass is 9.93. The number of piperidine rings is 1. The van der Waals surface area contributed by atoms with Gasteiger partial charge in [0.05, 0.1) is 19.0 Å². The van der Waals surface area contributed by atoms with Crippen molar-refractivity contribution < 1.29 is 36.7 Å². The highest BCUT2D eigenvalue weighted by atomic mass is 19.4. The molecule has 0 aliphatic carbocycles. The Morgan fingerprint density at radius 3 is 2.41 bits per heavy atom. The van der Waals surface area contributed by atoms with Crippen LogP contribution in [0.1, 0.15) is 29.9 Å². The van der Waals surface area contributed by atoms with Crippen LogP contribution in [0.3, 0.4) is 0 Å². The van der Waals surface area contributed by atoms with Crippen LogP contribution < -0.4 is 20.3 Å². The summed E-state index contributed by atoms with van der Waals surface area (Å²) in [7, 11) is 1.39. The van der Waals surface area contributed by atoms with Crippen LogP contribution in [-0.4, -0.2) is 53.6 Å². The van der Waals surface area contributed by atoms with Crippen molar-refractivity contribution in [2.75, 3.05) is 35.7 Å². The lowest BCUT2D eigenvalue weighted by Gasteiger charge is -2.32. The number of hydrogen-bond donors (Lipinski definition) is 2. The molecule has 14 heteroatoms. The zero-order chi connectivity index (χ0) is 26.4. The highest BCUT2D eigenvalue weighted by molar-refractivity contribution is 6.00. The van der Waals surface area contributed by atoms with Gasteiger partial charge in [0.25, 0.3) is 0 Å². The largest absolute Gasteiger partial charge is 0.573 e. The number of nitrogens with zero attached hydrogens (tertiary/aromatic N) is 4. The molecule has 2 aromatic heterocycles. The molecule has 1 aromatic carbocycles. The van der Waals surface area contributed by atoms with Crippen molar-refractivity contribution in [3.05, 3.63) is 48.5 Å². The van der Waals surface area contributed by atoms with Crippen molar-refractivity contribution in [3.8, 4) is 5.75 Å². The standard InChI is InChI=1S/C23H23F3N6O5/c1-35-19(33)12-14-8-10-32(11-9-14)18-7-4-16(13-27-18)28-20(34)21-30-31-22(36-21)29-15-2-5-17(6-3-15)37-23(24,25)26/h2-7,13-14H,8-12H2,1H3,(H,28,34)(H,29,31). The Hall–Kier alpha value is -4.36. The van der Waals surface area contributed by atoms with Gasteiger partial charge in [0, 0.05) is 25.2 Å². The number of esters is 1. The van der Waals surface area contributed by atoms with Crippen LogP contribution in [0.25, 0.3) is 0 Å². The number of alkyl halides is 3. The Morgan fingerprint density at radius 2 is 1.78 bits per heavy atom. The maximum atomic E-state index is 12.5. The van der Waals surface area contributed by atoms with E-state index in [-0.39, 0.29) is 23.6 Å². The fraction of sp³-hybridized carbons (Fsp3) is 0.348. The number of halogens is 3. The van der Waals surface area contributed by atoms with Crippen LogP contribution >= 0.6 is 0 Å². The molecule has 0 saturated carbocycles. The predicted octanol–water partition coefficient (Wildman–Crippen LogP) is 4.14. The second kappa shape index (κ2) is 11.1. The molecule has 1 aliphatic rings. The third kappa shape index (κ3) is 7.32. The van der Waals surface area contributed by atoms with Gasteiger partial charge in [-0.25, -0.2) is 4.98 Å². The fourth-order valence-electron chi connectivity index (χ4n) is 3.75. The molecule has 37 heavy (non-hydrogen) atoms. The van der Waals surface area contributed by atoms with Crippen LogP contribution in [0.2, 0.25) is 0 Å². The van der Waals surface area contributed by atoms with E-state index < -0.39 is 12.3 Å². The van der Waals surface area contributed by atoms with E-state index in [1.54, 1.807) is 12.1 Å². The molecular formula is C23H23F3N6O5. The topological polar surface area (TPSA) is 132 Å². The molecule has 0 unspecified atom stereocenters. The minimum Gasteiger partial charge on any atom is -0.469 e. The number of benzene rings is 1. The zero-order valence-corrected chi connectivity index (χ0v) is 19.6. The number of nitrogens with one attached hydrogen (secondary N) is 2. The zero-order valence-electron chi connectivity index (χ0n) is 19.6. The molecule has 0 radical (unpaired) electrons. The molecule has 11 nitrogen and oxygen atoms in total. The number of ether oxygens (including phenoxy) is 2. The van der Waals surface area contributed by atoms with Crippen molar-refractivity contribution in [2.24, 2.45) is 5.92 Å². The van der Waals surface area contributed by atoms with Gasteiger partial charge in [-0.2, -0.15) is 0 Å². The Bertz CT molecular complexity index is 1210. The van der Waals surface area contributed by atoms with E-state index in [0.29, 0.717) is 23.7 Å². The first-order valence-electron chi connectivity index (χ1n) is 11.2. The van der Waals surface area contributed by atoms with Crippen molar-refractivity contribution >= 4 is 35.1 Å². The van der Waals surface area contributed by atoms with Gasteiger partial charge >= 0.3 is 30.1 Å². The maximum absolute atomic E-state index is 12.5. The second-order valence-corrected chi connectivity index (χ2v) is 8.18. The van der Waals surface area contributed by atoms with E-state index in [4.69, 9.17) is 9.15 Å². The summed E-state index contributed by atoms with van der Waals surface area (Å²) >= 11 is 0. The molecule has 0 spiro atoms. The van der Waals surface area contributed by atoms with Crippen molar-refractivity contribution in [1.82, 2.24) is 15.2 Å². The molecule has 1 saturated heterocycles. The molecule has 3 aromatic rings. The third-order valence-electron chi connectivity index (χ3n) is 5.59. The number of pyridine rings is 1. The summed E-state index contributed by atoms with van der Waals surface area (Å²) in [5.74, 6) is -0.519. The van der Waals surface area contributed by atoms with E-state index in [2.05, 4.69) is 35.5 Å². The third-order valence-corrected chi connectivity index (χ3v) is 5.59. The molecule has 1 amide bonds. The first-order valence-corrected chi connectivity index (χ1v) is 11.2. The number of rotatable bonds is 8. The van der Waals surface area contributed by atoms with Gasteiger partial charge in [0.1, 0.15) is 11.6 Å². The molecule has 196 valence electrons. The van der Waals surface area contributed by atoms with E-state index in [9.17, 15) is 22.8 Å². The minimum absolute atomic E-state index is 0.126. The van der Waals surface area contributed by atoms with E-state index >= 15 is 0 Å². The van der Waals surface area contributed by atoms with E-state index in [0.717, 1.165) is 43.9 Å². The first kappa shape index (κ1) is 25.7. The number of anilines is 4. The Balaban J connectivity index is 1.28. The lowest BCUT2D eigenvalue weighted by molar-refractivity contribution is -0.274. The summed E-state index contributed by atoms with van der Waals surface area (Å²) in [5, 5.41) is 12.7. The van der Waals surface area contributed by atoms with Crippen LogP contribution in [0.15, 0.2) is 47.0 Å². The number of aromatic nitrogens is 3. The van der Waals surface area contributed by atoms with Crippen LogP contribution in [0, 0.1) is 5.92 Å². The van der Waals surface area contributed by atoms with Gasteiger partial charge in [-0.3, -0.25) is 9.59 Å². The van der Waals surface area contributed by atoms with Gasteiger partial charge < -0.3 is 29.4 Å². The highest BCUT2D eigenvalue weighted by Gasteiger charge is 2.31. The summed E-state index contributed by atoms with van der Waals surface area (Å²) in [6.07, 6.45) is -1.15. The normalized spacial score (nSPS) is 14.2. The van der Waals surface area contributed by atoms with Gasteiger partial charge in [-0.1, -0.05) is 5.10 Å². The van der Waals surface area contributed by atoms with Crippen LogP contribution in [-0.2, 0) is 9.53 Å². The Labute approximate surface area is 209 Å². The van der Waals surface area contributed by atoms with Crippen LogP contribution in [0.5, 0.6) is 5.75 Å². The van der Waals surface area contributed by atoms with Gasteiger partial charge in [-0.15, -0.1) is 18.3 Å². The van der Waals surface area contributed by atoms with E-state index in [1.807, 2.05) is 0 Å². The van der Waals surface area contributed by atoms with Gasteiger partial charge in [0.2, 0.25) is 0 Å². The lowest BCUT2D eigenvalue weighted by Crippen LogP contribution is -2.35.